The van der Waals surface area contributed by atoms with Gasteiger partial charge in [0.15, 0.2) is 0 Å². The molecule has 0 spiro atoms. The highest BCUT2D eigenvalue weighted by Gasteiger charge is 2.39. The van der Waals surface area contributed by atoms with Gasteiger partial charge in [0.1, 0.15) is 0 Å². The molecule has 0 radical (unpaired) electrons. The van der Waals surface area contributed by atoms with Crippen LogP contribution in [-0.4, -0.2) is 19.0 Å². The van der Waals surface area contributed by atoms with Crippen molar-refractivity contribution >= 4 is 23.6 Å². The molecule has 0 unspecified atom stereocenters. The quantitative estimate of drug-likeness (QED) is 0.543. The number of methoxy groups -OCH3 is 1. The standard InChI is InChI=1S/C22H18F3NO3/c1-13-8-10-16(11-9-13)26-14(2)19(21(28)29-3)17(20(26)27)12-15-6-4-5-7-18(15)22(23,24)25/h4-12H,1-3H3. The molecule has 1 amide bonds. The minimum absolute atomic E-state index is 0.0601. The number of carbonyl (C=O) groups excluding carboxylic acids is 2. The van der Waals surface area contributed by atoms with Gasteiger partial charge in [0.05, 0.1) is 23.8 Å². The lowest BCUT2D eigenvalue weighted by atomic mass is 10.00. The van der Waals surface area contributed by atoms with Crippen LogP contribution >= 0.6 is 0 Å². The molecule has 0 saturated heterocycles. The Morgan fingerprint density at radius 2 is 1.66 bits per heavy atom. The number of ether oxygens (including phenoxy) is 1. The van der Waals surface area contributed by atoms with Gasteiger partial charge in [0.25, 0.3) is 5.91 Å². The SMILES string of the molecule is COC(=O)C1=C(C)N(c2ccc(C)cc2)C(=O)C1=Cc1ccccc1C(F)(F)F. The van der Waals surface area contributed by atoms with Gasteiger partial charge in [0, 0.05) is 11.4 Å². The molecule has 4 nitrogen and oxygen atoms in total. The van der Waals surface area contributed by atoms with E-state index in [9.17, 15) is 22.8 Å². The van der Waals surface area contributed by atoms with E-state index in [4.69, 9.17) is 4.74 Å². The lowest BCUT2D eigenvalue weighted by Gasteiger charge is -2.18. The van der Waals surface area contributed by atoms with Crippen molar-refractivity contribution in [2.45, 2.75) is 20.0 Å². The highest BCUT2D eigenvalue weighted by atomic mass is 19.4. The van der Waals surface area contributed by atoms with Crippen LogP contribution in [0.15, 0.2) is 65.4 Å². The fourth-order valence-electron chi connectivity index (χ4n) is 3.22. The highest BCUT2D eigenvalue weighted by Crippen LogP contribution is 2.38. The molecule has 0 N–H and O–H groups in total. The van der Waals surface area contributed by atoms with Crippen molar-refractivity contribution in [3.63, 3.8) is 0 Å². The highest BCUT2D eigenvalue weighted by molar-refractivity contribution is 6.23. The lowest BCUT2D eigenvalue weighted by Crippen LogP contribution is -2.24. The molecule has 0 atom stereocenters. The Labute approximate surface area is 165 Å². The monoisotopic (exact) mass is 401 g/mol. The normalized spacial score (nSPS) is 16.0. The zero-order valence-electron chi connectivity index (χ0n) is 16.0. The Morgan fingerprint density at radius 1 is 1.03 bits per heavy atom. The van der Waals surface area contributed by atoms with Crippen molar-refractivity contribution < 1.29 is 27.5 Å². The molecule has 0 aliphatic carbocycles. The molecule has 2 aromatic rings. The molecular weight excluding hydrogens is 383 g/mol. The summed E-state index contributed by atoms with van der Waals surface area (Å²) in [6.45, 7) is 3.44. The van der Waals surface area contributed by atoms with Crippen LogP contribution in [-0.2, 0) is 20.5 Å². The van der Waals surface area contributed by atoms with E-state index >= 15 is 0 Å². The van der Waals surface area contributed by atoms with Crippen LogP contribution < -0.4 is 4.90 Å². The molecule has 0 aromatic heterocycles. The number of nitrogens with zero attached hydrogens (tertiary/aromatic N) is 1. The molecule has 0 bridgehead atoms. The molecule has 0 fully saturated rings. The number of benzene rings is 2. The number of anilines is 1. The Balaban J connectivity index is 2.19. The van der Waals surface area contributed by atoms with Gasteiger partial charge in [-0.25, -0.2) is 4.79 Å². The van der Waals surface area contributed by atoms with E-state index in [-0.39, 0.29) is 16.7 Å². The Morgan fingerprint density at radius 3 is 2.24 bits per heavy atom. The first-order valence-corrected chi connectivity index (χ1v) is 8.73. The number of halogens is 3. The van der Waals surface area contributed by atoms with Crippen molar-refractivity contribution in [2.24, 2.45) is 0 Å². The zero-order chi connectivity index (χ0) is 21.3. The maximum Gasteiger partial charge on any atom is 0.416 e. The third-order valence-corrected chi connectivity index (χ3v) is 4.65. The van der Waals surface area contributed by atoms with Gasteiger partial charge in [-0.15, -0.1) is 0 Å². The van der Waals surface area contributed by atoms with E-state index in [0.29, 0.717) is 11.4 Å². The number of rotatable bonds is 3. The van der Waals surface area contributed by atoms with Gasteiger partial charge >= 0.3 is 12.1 Å². The number of alkyl halides is 3. The van der Waals surface area contributed by atoms with Crippen molar-refractivity contribution in [2.75, 3.05) is 12.0 Å². The van der Waals surface area contributed by atoms with E-state index in [1.165, 1.54) is 23.1 Å². The number of aryl methyl sites for hydroxylation is 1. The topological polar surface area (TPSA) is 46.6 Å². The van der Waals surface area contributed by atoms with Gasteiger partial charge in [-0.1, -0.05) is 35.9 Å². The minimum atomic E-state index is -4.60. The third-order valence-electron chi connectivity index (χ3n) is 4.65. The van der Waals surface area contributed by atoms with E-state index in [1.54, 1.807) is 31.2 Å². The average molecular weight is 401 g/mol. The number of hydrogen-bond donors (Lipinski definition) is 0. The van der Waals surface area contributed by atoms with E-state index in [0.717, 1.165) is 24.8 Å². The fourth-order valence-corrected chi connectivity index (χ4v) is 3.22. The first-order valence-electron chi connectivity index (χ1n) is 8.73. The predicted octanol–water partition coefficient (Wildman–Crippen LogP) is 4.89. The van der Waals surface area contributed by atoms with E-state index < -0.39 is 23.6 Å². The summed E-state index contributed by atoms with van der Waals surface area (Å²) in [5, 5.41) is 0. The Hall–Kier alpha value is -3.35. The second-order valence-corrected chi connectivity index (χ2v) is 6.57. The predicted molar refractivity (Wildman–Crippen MR) is 103 cm³/mol. The summed E-state index contributed by atoms with van der Waals surface area (Å²) in [5.41, 5.74) is 0.472. The summed E-state index contributed by atoms with van der Waals surface area (Å²) in [7, 11) is 1.16. The second kappa shape index (κ2) is 7.58. The minimum Gasteiger partial charge on any atom is -0.465 e. The van der Waals surface area contributed by atoms with Crippen LogP contribution in [0.4, 0.5) is 18.9 Å². The smallest absolute Gasteiger partial charge is 0.416 e. The summed E-state index contributed by atoms with van der Waals surface area (Å²) < 4.78 is 44.9. The van der Waals surface area contributed by atoms with Gasteiger partial charge in [-0.3, -0.25) is 9.69 Å². The summed E-state index contributed by atoms with van der Waals surface area (Å²) in [6, 6.07) is 11.9. The van der Waals surface area contributed by atoms with Crippen LogP contribution in [0.2, 0.25) is 0 Å². The van der Waals surface area contributed by atoms with Crippen LogP contribution in [0.3, 0.4) is 0 Å². The summed E-state index contributed by atoms with van der Waals surface area (Å²) >= 11 is 0. The van der Waals surface area contributed by atoms with Gasteiger partial charge in [-0.05, 0) is 43.7 Å². The molecule has 150 valence electrons. The number of allylic oxidation sites excluding steroid dienone is 1. The van der Waals surface area contributed by atoms with Crippen molar-refractivity contribution in [3.8, 4) is 0 Å². The van der Waals surface area contributed by atoms with Crippen molar-refractivity contribution in [1.82, 2.24) is 0 Å². The Kier molecular flexibility index (Phi) is 5.33. The molecule has 2 aromatic carbocycles. The summed E-state index contributed by atoms with van der Waals surface area (Å²) in [5.74, 6) is -1.38. The molecule has 7 heteroatoms. The van der Waals surface area contributed by atoms with Crippen LogP contribution in [0.25, 0.3) is 6.08 Å². The third kappa shape index (κ3) is 3.81. The number of hydrogen-bond acceptors (Lipinski definition) is 3. The number of esters is 1. The van der Waals surface area contributed by atoms with E-state index in [1.807, 2.05) is 6.92 Å². The van der Waals surface area contributed by atoms with E-state index in [2.05, 4.69) is 0 Å². The van der Waals surface area contributed by atoms with Gasteiger partial charge in [-0.2, -0.15) is 13.2 Å². The fraction of sp³-hybridized carbons (Fsp3) is 0.182. The van der Waals surface area contributed by atoms with Crippen LogP contribution in [0.1, 0.15) is 23.6 Å². The largest absolute Gasteiger partial charge is 0.465 e. The number of amides is 1. The molecule has 1 heterocycles. The second-order valence-electron chi connectivity index (χ2n) is 6.57. The molecule has 1 aliphatic rings. The maximum atomic E-state index is 13.4. The van der Waals surface area contributed by atoms with Crippen molar-refractivity contribution in [1.29, 1.82) is 0 Å². The lowest BCUT2D eigenvalue weighted by molar-refractivity contribution is -0.138. The van der Waals surface area contributed by atoms with Crippen LogP contribution in [0, 0.1) is 6.92 Å². The summed E-state index contributed by atoms with van der Waals surface area (Å²) in [6.07, 6.45) is -3.51. The number of carbonyl (C=O) groups is 2. The molecular formula is C22H18F3NO3. The maximum absolute atomic E-state index is 13.4. The van der Waals surface area contributed by atoms with Gasteiger partial charge in [0.2, 0.25) is 0 Å². The average Bonchev–Trinajstić information content (AvgIpc) is 2.91. The first kappa shape index (κ1) is 20.4. The molecule has 3 rings (SSSR count). The van der Waals surface area contributed by atoms with Crippen molar-refractivity contribution in [3.05, 3.63) is 82.1 Å². The van der Waals surface area contributed by atoms with Gasteiger partial charge < -0.3 is 4.74 Å². The zero-order valence-corrected chi connectivity index (χ0v) is 16.0. The molecule has 1 aliphatic heterocycles. The van der Waals surface area contributed by atoms with Crippen LogP contribution in [0.5, 0.6) is 0 Å². The summed E-state index contributed by atoms with van der Waals surface area (Å²) in [4.78, 5) is 26.8. The molecule has 0 saturated carbocycles. The Bertz CT molecular complexity index is 1030. The first-order chi connectivity index (χ1) is 13.6. The molecule has 29 heavy (non-hydrogen) atoms.